The van der Waals surface area contributed by atoms with Gasteiger partial charge in [0.2, 0.25) is 0 Å². The Morgan fingerprint density at radius 1 is 1.43 bits per heavy atom. The molecule has 1 atom stereocenters. The Morgan fingerprint density at radius 2 is 2.13 bits per heavy atom. The Bertz CT molecular complexity index is 595. The second kappa shape index (κ2) is 7.00. The molecular weight excluding hydrogens is 310 g/mol. The van der Waals surface area contributed by atoms with Crippen LogP contribution < -0.4 is 5.32 Å². The maximum atomic E-state index is 12.6. The van der Waals surface area contributed by atoms with Gasteiger partial charge in [0.25, 0.3) is 5.91 Å². The number of nitriles is 1. The van der Waals surface area contributed by atoms with Gasteiger partial charge in [0.15, 0.2) is 0 Å². The first-order valence-corrected chi connectivity index (χ1v) is 9.16. The molecule has 1 saturated heterocycles. The van der Waals surface area contributed by atoms with Crippen molar-refractivity contribution in [1.29, 1.82) is 5.26 Å². The molecule has 1 unspecified atom stereocenters. The molecule has 1 amide bonds. The van der Waals surface area contributed by atoms with E-state index in [2.05, 4.69) is 23.2 Å². The van der Waals surface area contributed by atoms with E-state index in [0.717, 1.165) is 39.1 Å². The normalized spacial score (nSPS) is 22.4. The summed E-state index contributed by atoms with van der Waals surface area (Å²) >= 11 is 1.33. The molecule has 5 nitrogen and oxygen atoms in total. The molecule has 1 aliphatic carbocycles. The summed E-state index contributed by atoms with van der Waals surface area (Å²) in [4.78, 5) is 15.6. The molecule has 0 bridgehead atoms. The largest absolute Gasteiger partial charge is 0.379 e. The minimum Gasteiger partial charge on any atom is -0.379 e. The lowest BCUT2D eigenvalue weighted by Crippen LogP contribution is -2.62. The summed E-state index contributed by atoms with van der Waals surface area (Å²) in [5, 5.41) is 14.1. The molecule has 0 spiro atoms. The third-order valence-electron chi connectivity index (χ3n) is 5.26. The van der Waals surface area contributed by atoms with Crippen LogP contribution in [0, 0.1) is 11.3 Å². The number of carbonyl (C=O) groups excluding carboxylic acids is 1. The van der Waals surface area contributed by atoms with Crippen molar-refractivity contribution in [2.75, 3.05) is 26.3 Å². The van der Waals surface area contributed by atoms with Gasteiger partial charge in [0, 0.05) is 24.7 Å². The summed E-state index contributed by atoms with van der Waals surface area (Å²) in [6.07, 6.45) is 4.65. The maximum Gasteiger partial charge on any atom is 0.262 e. The third-order valence-corrected chi connectivity index (χ3v) is 6.17. The van der Waals surface area contributed by atoms with E-state index in [4.69, 9.17) is 10.00 Å². The number of nitrogens with zero attached hydrogens (tertiary/aromatic N) is 2. The predicted octanol–water partition coefficient (Wildman–Crippen LogP) is 2.38. The van der Waals surface area contributed by atoms with Crippen molar-refractivity contribution in [1.82, 2.24) is 10.2 Å². The number of carbonyl (C=O) groups is 1. The van der Waals surface area contributed by atoms with Gasteiger partial charge in [-0.2, -0.15) is 5.26 Å². The van der Waals surface area contributed by atoms with Crippen LogP contribution in [-0.2, 0) is 4.74 Å². The van der Waals surface area contributed by atoms with Crippen molar-refractivity contribution in [2.45, 2.75) is 44.2 Å². The van der Waals surface area contributed by atoms with Crippen molar-refractivity contribution in [3.05, 3.63) is 21.9 Å². The molecule has 2 fully saturated rings. The van der Waals surface area contributed by atoms with Crippen LogP contribution in [-0.4, -0.2) is 48.7 Å². The highest BCUT2D eigenvalue weighted by molar-refractivity contribution is 7.12. The summed E-state index contributed by atoms with van der Waals surface area (Å²) in [6, 6.07) is 3.86. The fraction of sp³-hybridized carbons (Fsp3) is 0.647. The van der Waals surface area contributed by atoms with Gasteiger partial charge >= 0.3 is 0 Å². The highest BCUT2D eigenvalue weighted by Crippen LogP contribution is 2.38. The standard InChI is InChI=1S/C17H23N3O2S/c1-13(19-16(21)15-14(12-18)4-11-23-15)17(5-2-3-6-17)20-7-9-22-10-8-20/h4,11,13H,2-3,5-10H2,1H3,(H,19,21). The minimum atomic E-state index is -0.122. The van der Waals surface area contributed by atoms with Gasteiger partial charge in [-0.05, 0) is 31.2 Å². The lowest BCUT2D eigenvalue weighted by Gasteiger charge is -2.47. The summed E-state index contributed by atoms with van der Waals surface area (Å²) in [5.41, 5.74) is 0.496. The molecule has 1 N–H and O–H groups in total. The molecule has 124 valence electrons. The van der Waals surface area contributed by atoms with E-state index < -0.39 is 0 Å². The van der Waals surface area contributed by atoms with E-state index in [-0.39, 0.29) is 17.5 Å². The zero-order valence-corrected chi connectivity index (χ0v) is 14.3. The topological polar surface area (TPSA) is 65.4 Å². The van der Waals surface area contributed by atoms with Crippen LogP contribution in [0.3, 0.4) is 0 Å². The van der Waals surface area contributed by atoms with Crippen LogP contribution in [0.25, 0.3) is 0 Å². The van der Waals surface area contributed by atoms with E-state index >= 15 is 0 Å². The SMILES string of the molecule is CC(NC(=O)c1sccc1C#N)C1(N2CCOCC2)CCCC1. The van der Waals surface area contributed by atoms with Crippen LogP contribution in [0.15, 0.2) is 11.4 Å². The van der Waals surface area contributed by atoms with E-state index in [9.17, 15) is 4.79 Å². The van der Waals surface area contributed by atoms with Crippen molar-refractivity contribution in [3.8, 4) is 6.07 Å². The number of hydrogen-bond acceptors (Lipinski definition) is 5. The van der Waals surface area contributed by atoms with E-state index in [1.54, 1.807) is 11.4 Å². The van der Waals surface area contributed by atoms with Gasteiger partial charge in [-0.3, -0.25) is 9.69 Å². The summed E-state index contributed by atoms with van der Waals surface area (Å²) in [5.74, 6) is -0.122. The van der Waals surface area contributed by atoms with Gasteiger partial charge < -0.3 is 10.1 Å². The van der Waals surface area contributed by atoms with Crippen LogP contribution in [0.2, 0.25) is 0 Å². The van der Waals surface area contributed by atoms with E-state index in [1.165, 1.54) is 24.2 Å². The Kier molecular flexibility index (Phi) is 5.00. The molecule has 2 aliphatic rings. The lowest BCUT2D eigenvalue weighted by molar-refractivity contribution is -0.0323. The summed E-state index contributed by atoms with van der Waals surface area (Å²) in [7, 11) is 0. The molecule has 1 saturated carbocycles. The third kappa shape index (κ3) is 3.14. The van der Waals surface area contributed by atoms with Crippen molar-refractivity contribution >= 4 is 17.2 Å². The monoisotopic (exact) mass is 333 g/mol. The Hall–Kier alpha value is -1.42. The van der Waals surface area contributed by atoms with Crippen molar-refractivity contribution in [2.24, 2.45) is 0 Å². The number of rotatable bonds is 4. The van der Waals surface area contributed by atoms with Gasteiger partial charge in [0.1, 0.15) is 10.9 Å². The molecule has 1 aromatic heterocycles. The first-order valence-electron chi connectivity index (χ1n) is 8.28. The second-order valence-corrected chi connectivity index (χ2v) is 7.30. The smallest absolute Gasteiger partial charge is 0.262 e. The molecule has 0 aromatic carbocycles. The number of nitrogens with one attached hydrogen (secondary N) is 1. The van der Waals surface area contributed by atoms with E-state index in [1.807, 2.05) is 0 Å². The first kappa shape index (κ1) is 16.4. The molecular formula is C17H23N3O2S. The van der Waals surface area contributed by atoms with Crippen LogP contribution >= 0.6 is 11.3 Å². The van der Waals surface area contributed by atoms with E-state index in [0.29, 0.717) is 10.4 Å². The molecule has 2 heterocycles. The fourth-order valence-electron chi connectivity index (χ4n) is 3.99. The number of amides is 1. The van der Waals surface area contributed by atoms with Gasteiger partial charge in [0.05, 0.1) is 18.8 Å². The number of hydrogen-bond donors (Lipinski definition) is 1. The molecule has 1 aliphatic heterocycles. The van der Waals surface area contributed by atoms with Crippen LogP contribution in [0.5, 0.6) is 0 Å². The average molecular weight is 333 g/mol. The lowest BCUT2D eigenvalue weighted by atomic mass is 9.86. The maximum absolute atomic E-state index is 12.6. The highest BCUT2D eigenvalue weighted by Gasteiger charge is 2.45. The molecule has 0 radical (unpaired) electrons. The second-order valence-electron chi connectivity index (χ2n) is 6.38. The Morgan fingerprint density at radius 3 is 2.78 bits per heavy atom. The molecule has 3 rings (SSSR count). The minimum absolute atomic E-state index is 0.0313. The Balaban J connectivity index is 1.75. The zero-order valence-electron chi connectivity index (χ0n) is 13.5. The predicted molar refractivity (Wildman–Crippen MR) is 89.6 cm³/mol. The molecule has 6 heteroatoms. The van der Waals surface area contributed by atoms with Gasteiger partial charge in [-0.25, -0.2) is 0 Å². The molecule has 1 aromatic rings. The Labute approximate surface area is 141 Å². The highest BCUT2D eigenvalue weighted by atomic mass is 32.1. The fourth-order valence-corrected chi connectivity index (χ4v) is 4.74. The average Bonchev–Trinajstić information content (AvgIpc) is 3.25. The van der Waals surface area contributed by atoms with Crippen LogP contribution in [0.4, 0.5) is 0 Å². The summed E-state index contributed by atoms with van der Waals surface area (Å²) < 4.78 is 5.49. The van der Waals surface area contributed by atoms with Crippen molar-refractivity contribution < 1.29 is 9.53 Å². The van der Waals surface area contributed by atoms with Gasteiger partial charge in [-0.15, -0.1) is 11.3 Å². The number of morpholine rings is 1. The molecule has 23 heavy (non-hydrogen) atoms. The van der Waals surface area contributed by atoms with Crippen molar-refractivity contribution in [3.63, 3.8) is 0 Å². The zero-order chi connectivity index (χ0) is 16.3. The number of thiophene rings is 1. The number of ether oxygens (including phenoxy) is 1. The first-order chi connectivity index (χ1) is 11.2. The van der Waals surface area contributed by atoms with Crippen LogP contribution in [0.1, 0.15) is 47.8 Å². The quantitative estimate of drug-likeness (QED) is 0.919. The summed E-state index contributed by atoms with van der Waals surface area (Å²) in [6.45, 7) is 5.52. The van der Waals surface area contributed by atoms with Gasteiger partial charge in [-0.1, -0.05) is 12.8 Å².